The molecule has 0 spiro atoms. The lowest BCUT2D eigenvalue weighted by atomic mass is 10.1. The van der Waals surface area contributed by atoms with Crippen molar-refractivity contribution in [2.45, 2.75) is 19.8 Å². The van der Waals surface area contributed by atoms with E-state index in [1.807, 2.05) is 0 Å². The molecule has 3 N–H and O–H groups in total. The summed E-state index contributed by atoms with van der Waals surface area (Å²) in [5.74, 6) is -0.484. The van der Waals surface area contributed by atoms with Gasteiger partial charge >= 0.3 is 0 Å². The molecular weight excluding hydrogens is 200 g/mol. The van der Waals surface area contributed by atoms with Crippen LogP contribution in [0.4, 0.5) is 0 Å². The van der Waals surface area contributed by atoms with Crippen LogP contribution in [-0.2, 0) is 9.53 Å². The number of hydrogen-bond acceptors (Lipinski definition) is 3. The molecule has 0 aromatic rings. The molecule has 0 radical (unpaired) electrons. The van der Waals surface area contributed by atoms with Gasteiger partial charge in [-0.05, 0) is 19.8 Å². The van der Waals surface area contributed by atoms with Crippen molar-refractivity contribution in [1.82, 2.24) is 5.32 Å². The van der Waals surface area contributed by atoms with Gasteiger partial charge in [-0.1, -0.05) is 12.2 Å². The summed E-state index contributed by atoms with van der Waals surface area (Å²) in [7, 11) is 1.66. The monoisotopic (exact) mass is 218 g/mol. The van der Waals surface area contributed by atoms with Gasteiger partial charge in [-0.25, -0.2) is 0 Å². The van der Waals surface area contributed by atoms with Gasteiger partial charge in [0.2, 0.25) is 5.91 Å². The zero-order chi connectivity index (χ0) is 11.0. The van der Waals surface area contributed by atoms with Crippen molar-refractivity contribution in [3.05, 3.63) is 0 Å². The van der Waals surface area contributed by atoms with E-state index < -0.39 is 0 Å². The predicted molar refractivity (Wildman–Crippen MR) is 60.1 cm³/mol. The number of thiocarbonyl (C=S) groups is 1. The number of ether oxygens (including phenoxy) is 1. The summed E-state index contributed by atoms with van der Waals surface area (Å²) in [6.45, 7) is 3.07. The lowest BCUT2D eigenvalue weighted by Crippen LogP contribution is -2.36. The molecule has 0 heterocycles. The van der Waals surface area contributed by atoms with E-state index >= 15 is 0 Å². The van der Waals surface area contributed by atoms with Crippen molar-refractivity contribution in [2.75, 3.05) is 20.3 Å². The van der Waals surface area contributed by atoms with Crippen LogP contribution < -0.4 is 11.1 Å². The first-order valence-corrected chi connectivity index (χ1v) is 5.06. The van der Waals surface area contributed by atoms with Crippen LogP contribution in [0.15, 0.2) is 0 Å². The summed E-state index contributed by atoms with van der Waals surface area (Å²) < 4.78 is 4.88. The Balaban J connectivity index is 3.49. The largest absolute Gasteiger partial charge is 0.393 e. The van der Waals surface area contributed by atoms with Gasteiger partial charge in [0.05, 0.1) is 10.9 Å². The third-order valence-electron chi connectivity index (χ3n) is 1.89. The molecule has 0 fully saturated rings. The highest BCUT2D eigenvalue weighted by molar-refractivity contribution is 7.80. The Morgan fingerprint density at radius 2 is 2.21 bits per heavy atom. The Morgan fingerprint density at radius 3 is 2.71 bits per heavy atom. The number of nitrogens with two attached hydrogens (primary N) is 1. The summed E-state index contributed by atoms with van der Waals surface area (Å²) in [6.07, 6.45) is 1.85. The van der Waals surface area contributed by atoms with Crippen molar-refractivity contribution in [3.8, 4) is 0 Å². The van der Waals surface area contributed by atoms with Crippen LogP contribution >= 0.6 is 12.2 Å². The van der Waals surface area contributed by atoms with Crippen LogP contribution in [0, 0.1) is 5.92 Å². The number of methoxy groups -OCH3 is 1. The number of hydrogen-bond donors (Lipinski definition) is 2. The maximum absolute atomic E-state index is 11.3. The summed E-state index contributed by atoms with van der Waals surface area (Å²) in [6, 6.07) is 0. The molecule has 0 aromatic carbocycles. The molecular formula is C9H18N2O2S. The zero-order valence-electron chi connectivity index (χ0n) is 8.71. The minimum Gasteiger partial charge on any atom is -0.393 e. The van der Waals surface area contributed by atoms with E-state index in [0.29, 0.717) is 6.54 Å². The highest BCUT2D eigenvalue weighted by Crippen LogP contribution is 1.95. The van der Waals surface area contributed by atoms with Gasteiger partial charge in [0, 0.05) is 20.3 Å². The van der Waals surface area contributed by atoms with E-state index in [1.165, 1.54) is 0 Å². The van der Waals surface area contributed by atoms with Gasteiger partial charge in [0.25, 0.3) is 0 Å². The average molecular weight is 218 g/mol. The molecule has 0 aromatic heterocycles. The third-order valence-corrected chi connectivity index (χ3v) is 2.25. The Morgan fingerprint density at radius 1 is 1.57 bits per heavy atom. The molecule has 1 unspecified atom stereocenters. The van der Waals surface area contributed by atoms with Crippen LogP contribution in [0.25, 0.3) is 0 Å². The van der Waals surface area contributed by atoms with Crippen LogP contribution in [0.2, 0.25) is 0 Å². The molecule has 0 saturated carbocycles. The van der Waals surface area contributed by atoms with Crippen LogP contribution in [0.3, 0.4) is 0 Å². The molecule has 0 bridgehead atoms. The van der Waals surface area contributed by atoms with Crippen molar-refractivity contribution >= 4 is 23.1 Å². The summed E-state index contributed by atoms with van der Waals surface area (Å²) in [4.78, 5) is 11.5. The normalized spacial score (nSPS) is 12.1. The standard InChI is InChI=1S/C9H18N2O2S/c1-7(8(10)14)9(12)11-5-3-4-6-13-2/h7H,3-6H2,1-2H3,(H2,10,14)(H,11,12). The first kappa shape index (κ1) is 13.3. The number of unbranched alkanes of at least 4 members (excludes halogenated alkanes) is 1. The summed E-state index contributed by atoms with van der Waals surface area (Å²) in [5, 5.41) is 2.76. The van der Waals surface area contributed by atoms with Gasteiger partial charge in [0.15, 0.2) is 0 Å². The van der Waals surface area contributed by atoms with E-state index in [9.17, 15) is 4.79 Å². The van der Waals surface area contributed by atoms with Crippen molar-refractivity contribution in [1.29, 1.82) is 0 Å². The maximum atomic E-state index is 11.3. The highest BCUT2D eigenvalue weighted by atomic mass is 32.1. The quantitative estimate of drug-likeness (QED) is 0.481. The molecule has 1 atom stereocenters. The van der Waals surface area contributed by atoms with Crippen molar-refractivity contribution in [3.63, 3.8) is 0 Å². The minimum atomic E-state index is -0.382. The van der Waals surface area contributed by atoms with Crippen molar-refractivity contribution < 1.29 is 9.53 Å². The summed E-state index contributed by atoms with van der Waals surface area (Å²) in [5.41, 5.74) is 5.34. The molecule has 0 aliphatic heterocycles. The molecule has 1 amide bonds. The average Bonchev–Trinajstić information content (AvgIpc) is 2.16. The lowest BCUT2D eigenvalue weighted by molar-refractivity contribution is -0.122. The van der Waals surface area contributed by atoms with Gasteiger partial charge in [-0.3, -0.25) is 4.79 Å². The highest BCUT2D eigenvalue weighted by Gasteiger charge is 2.14. The lowest BCUT2D eigenvalue weighted by Gasteiger charge is -2.10. The van der Waals surface area contributed by atoms with Gasteiger partial charge < -0.3 is 15.8 Å². The number of carbonyl (C=O) groups excluding carboxylic acids is 1. The molecule has 0 saturated heterocycles. The fourth-order valence-corrected chi connectivity index (χ4v) is 0.972. The molecule has 0 aliphatic rings. The summed E-state index contributed by atoms with van der Waals surface area (Å²) >= 11 is 4.71. The van der Waals surface area contributed by atoms with Gasteiger partial charge in [0.1, 0.15) is 0 Å². The second-order valence-electron chi connectivity index (χ2n) is 3.11. The second-order valence-corrected chi connectivity index (χ2v) is 3.59. The Kier molecular flexibility index (Phi) is 7.32. The number of nitrogens with one attached hydrogen (secondary N) is 1. The maximum Gasteiger partial charge on any atom is 0.229 e. The van der Waals surface area contributed by atoms with E-state index in [1.54, 1.807) is 14.0 Å². The Labute approximate surface area is 90.2 Å². The molecule has 82 valence electrons. The molecule has 0 rings (SSSR count). The molecule has 14 heavy (non-hydrogen) atoms. The van der Waals surface area contributed by atoms with E-state index in [4.69, 9.17) is 22.7 Å². The second kappa shape index (κ2) is 7.70. The minimum absolute atomic E-state index is 0.102. The first-order chi connectivity index (χ1) is 6.59. The molecule has 4 nitrogen and oxygen atoms in total. The Hall–Kier alpha value is -0.680. The van der Waals surface area contributed by atoms with Crippen LogP contribution in [0.5, 0.6) is 0 Å². The first-order valence-electron chi connectivity index (χ1n) is 4.65. The predicted octanol–water partition coefficient (Wildman–Crippen LogP) is 0.451. The topological polar surface area (TPSA) is 64.3 Å². The third kappa shape index (κ3) is 5.88. The zero-order valence-corrected chi connectivity index (χ0v) is 9.52. The SMILES string of the molecule is COCCCCNC(=O)C(C)C(N)=S. The fourth-order valence-electron chi connectivity index (χ4n) is 0.865. The van der Waals surface area contributed by atoms with Gasteiger partial charge in [-0.2, -0.15) is 0 Å². The van der Waals surface area contributed by atoms with Crippen LogP contribution in [0.1, 0.15) is 19.8 Å². The van der Waals surface area contributed by atoms with Crippen molar-refractivity contribution in [2.24, 2.45) is 11.7 Å². The van der Waals surface area contributed by atoms with Gasteiger partial charge in [-0.15, -0.1) is 0 Å². The van der Waals surface area contributed by atoms with E-state index in [-0.39, 0.29) is 16.8 Å². The number of rotatable bonds is 7. The number of carbonyl (C=O) groups is 1. The van der Waals surface area contributed by atoms with E-state index in [0.717, 1.165) is 19.4 Å². The molecule has 0 aliphatic carbocycles. The smallest absolute Gasteiger partial charge is 0.229 e. The Bertz CT molecular complexity index is 197. The van der Waals surface area contributed by atoms with E-state index in [2.05, 4.69) is 5.32 Å². The number of amides is 1. The molecule has 5 heteroatoms. The fraction of sp³-hybridized carbons (Fsp3) is 0.778. The van der Waals surface area contributed by atoms with Crippen LogP contribution in [-0.4, -0.2) is 31.2 Å².